The predicted molar refractivity (Wildman–Crippen MR) is 100 cm³/mol. The van der Waals surface area contributed by atoms with Gasteiger partial charge in [0.15, 0.2) is 5.65 Å². The summed E-state index contributed by atoms with van der Waals surface area (Å²) >= 11 is 0. The van der Waals surface area contributed by atoms with E-state index in [4.69, 9.17) is 4.98 Å². The SMILES string of the molecule is c1ccc(-c2ccnc(N3CCN(c4ccc5nncn5n4)CC3)n2)nc1. The lowest BCUT2D eigenvalue weighted by Gasteiger charge is -2.35. The third kappa shape index (κ3) is 3.03. The molecular formula is C18H17N9. The van der Waals surface area contributed by atoms with E-state index in [1.165, 1.54) is 0 Å². The fraction of sp³-hybridized carbons (Fsp3) is 0.222. The second-order valence-corrected chi connectivity index (χ2v) is 6.26. The van der Waals surface area contributed by atoms with Gasteiger partial charge in [-0.15, -0.1) is 15.3 Å². The molecular weight excluding hydrogens is 342 g/mol. The number of hydrogen-bond donors (Lipinski definition) is 0. The fourth-order valence-corrected chi connectivity index (χ4v) is 3.18. The smallest absolute Gasteiger partial charge is 0.226 e. The molecule has 0 amide bonds. The molecule has 1 fully saturated rings. The largest absolute Gasteiger partial charge is 0.352 e. The van der Waals surface area contributed by atoms with Crippen molar-refractivity contribution in [3.8, 4) is 11.4 Å². The van der Waals surface area contributed by atoms with Gasteiger partial charge in [0.05, 0.1) is 11.4 Å². The fourth-order valence-electron chi connectivity index (χ4n) is 3.18. The van der Waals surface area contributed by atoms with Crippen LogP contribution in [-0.2, 0) is 0 Å². The third-order valence-electron chi connectivity index (χ3n) is 4.60. The number of piperazine rings is 1. The summed E-state index contributed by atoms with van der Waals surface area (Å²) in [5.74, 6) is 1.66. The van der Waals surface area contributed by atoms with Gasteiger partial charge in [0.2, 0.25) is 5.95 Å². The molecule has 9 heteroatoms. The van der Waals surface area contributed by atoms with Crippen molar-refractivity contribution in [2.24, 2.45) is 0 Å². The van der Waals surface area contributed by atoms with Crippen LogP contribution < -0.4 is 9.80 Å². The minimum Gasteiger partial charge on any atom is -0.352 e. The van der Waals surface area contributed by atoms with Crippen molar-refractivity contribution in [2.75, 3.05) is 36.0 Å². The molecule has 1 saturated heterocycles. The number of pyridine rings is 1. The van der Waals surface area contributed by atoms with Crippen molar-refractivity contribution >= 4 is 17.4 Å². The summed E-state index contributed by atoms with van der Waals surface area (Å²) in [5, 5.41) is 12.4. The summed E-state index contributed by atoms with van der Waals surface area (Å²) in [7, 11) is 0. The van der Waals surface area contributed by atoms with Crippen molar-refractivity contribution in [3.63, 3.8) is 0 Å². The molecule has 4 aromatic heterocycles. The van der Waals surface area contributed by atoms with Crippen LogP contribution in [0.5, 0.6) is 0 Å². The van der Waals surface area contributed by atoms with E-state index >= 15 is 0 Å². The van der Waals surface area contributed by atoms with Crippen LogP contribution >= 0.6 is 0 Å². The van der Waals surface area contributed by atoms with E-state index in [1.807, 2.05) is 36.4 Å². The van der Waals surface area contributed by atoms with E-state index in [0.717, 1.165) is 55.0 Å². The topological polar surface area (TPSA) is 88.2 Å². The zero-order chi connectivity index (χ0) is 18.1. The van der Waals surface area contributed by atoms with Gasteiger partial charge in [-0.1, -0.05) is 6.07 Å². The molecule has 0 spiro atoms. The Labute approximate surface area is 155 Å². The first kappa shape index (κ1) is 15.6. The Balaban J connectivity index is 1.31. The molecule has 9 nitrogen and oxygen atoms in total. The van der Waals surface area contributed by atoms with Crippen LogP contribution in [0.1, 0.15) is 0 Å². The molecule has 0 aliphatic carbocycles. The zero-order valence-corrected chi connectivity index (χ0v) is 14.5. The number of fused-ring (bicyclic) bond motifs is 1. The number of anilines is 2. The molecule has 0 atom stereocenters. The second kappa shape index (κ2) is 6.60. The standard InChI is InChI=1S/C18H17N9/c1-2-7-19-14(3-1)15-6-8-20-18(22-15)26-11-9-25(10-12-26)17-5-4-16-23-21-13-27(16)24-17/h1-8,13H,9-12H2. The highest BCUT2D eigenvalue weighted by atomic mass is 15.4. The summed E-state index contributed by atoms with van der Waals surface area (Å²) in [6.07, 6.45) is 5.18. The molecule has 1 aliphatic rings. The molecule has 0 unspecified atom stereocenters. The highest BCUT2D eigenvalue weighted by molar-refractivity contribution is 5.55. The summed E-state index contributed by atoms with van der Waals surface area (Å²) in [6, 6.07) is 11.6. The van der Waals surface area contributed by atoms with E-state index in [1.54, 1.807) is 23.2 Å². The molecule has 1 aliphatic heterocycles. The molecule has 0 bridgehead atoms. The Morgan fingerprint density at radius 3 is 2.52 bits per heavy atom. The average Bonchev–Trinajstić information content (AvgIpc) is 3.22. The van der Waals surface area contributed by atoms with E-state index in [2.05, 4.69) is 35.1 Å². The van der Waals surface area contributed by atoms with Gasteiger partial charge in [-0.25, -0.2) is 9.97 Å². The highest BCUT2D eigenvalue weighted by Gasteiger charge is 2.21. The number of aromatic nitrogens is 7. The van der Waals surface area contributed by atoms with Gasteiger partial charge >= 0.3 is 0 Å². The normalized spacial score (nSPS) is 14.7. The van der Waals surface area contributed by atoms with Crippen LogP contribution in [0.15, 0.2) is 55.1 Å². The first-order chi connectivity index (χ1) is 13.4. The predicted octanol–water partition coefficient (Wildman–Crippen LogP) is 1.30. The Kier molecular flexibility index (Phi) is 3.82. The minimum atomic E-state index is 0.736. The van der Waals surface area contributed by atoms with Crippen molar-refractivity contribution in [1.82, 2.24) is 34.8 Å². The maximum Gasteiger partial charge on any atom is 0.226 e. The molecule has 0 radical (unpaired) electrons. The Morgan fingerprint density at radius 2 is 1.67 bits per heavy atom. The van der Waals surface area contributed by atoms with Crippen LogP contribution in [0.2, 0.25) is 0 Å². The number of nitrogens with zero attached hydrogens (tertiary/aromatic N) is 9. The van der Waals surface area contributed by atoms with Crippen LogP contribution in [-0.4, -0.2) is 60.9 Å². The van der Waals surface area contributed by atoms with Crippen molar-refractivity contribution in [3.05, 3.63) is 55.1 Å². The maximum absolute atomic E-state index is 4.70. The summed E-state index contributed by atoms with van der Waals surface area (Å²) < 4.78 is 1.70. The number of rotatable bonds is 3. The first-order valence-electron chi connectivity index (χ1n) is 8.78. The van der Waals surface area contributed by atoms with E-state index in [-0.39, 0.29) is 0 Å². The Hall–Kier alpha value is -3.62. The summed E-state index contributed by atoms with van der Waals surface area (Å²) in [5.41, 5.74) is 2.44. The van der Waals surface area contributed by atoms with Gasteiger partial charge in [0, 0.05) is 38.6 Å². The van der Waals surface area contributed by atoms with E-state index < -0.39 is 0 Å². The molecule has 4 aromatic rings. The molecule has 5 heterocycles. The van der Waals surface area contributed by atoms with Gasteiger partial charge in [-0.2, -0.15) is 4.52 Å². The highest BCUT2D eigenvalue weighted by Crippen LogP contribution is 2.19. The van der Waals surface area contributed by atoms with Crippen molar-refractivity contribution in [2.45, 2.75) is 0 Å². The lowest BCUT2D eigenvalue weighted by Crippen LogP contribution is -2.47. The van der Waals surface area contributed by atoms with Crippen molar-refractivity contribution < 1.29 is 0 Å². The van der Waals surface area contributed by atoms with Gasteiger partial charge < -0.3 is 9.80 Å². The molecule has 0 N–H and O–H groups in total. The Morgan fingerprint density at radius 1 is 0.778 bits per heavy atom. The van der Waals surface area contributed by atoms with Crippen LogP contribution in [0, 0.1) is 0 Å². The first-order valence-corrected chi connectivity index (χ1v) is 8.78. The number of hydrogen-bond acceptors (Lipinski definition) is 8. The monoisotopic (exact) mass is 359 g/mol. The van der Waals surface area contributed by atoms with Gasteiger partial charge in [0.1, 0.15) is 12.1 Å². The van der Waals surface area contributed by atoms with Gasteiger partial charge in [0.25, 0.3) is 0 Å². The maximum atomic E-state index is 4.70. The Bertz CT molecular complexity index is 1050. The lowest BCUT2D eigenvalue weighted by atomic mass is 10.2. The van der Waals surface area contributed by atoms with Gasteiger partial charge in [-0.3, -0.25) is 4.98 Å². The molecule has 27 heavy (non-hydrogen) atoms. The molecule has 0 aromatic carbocycles. The zero-order valence-electron chi connectivity index (χ0n) is 14.5. The lowest BCUT2D eigenvalue weighted by molar-refractivity contribution is 0.629. The third-order valence-corrected chi connectivity index (χ3v) is 4.60. The van der Waals surface area contributed by atoms with Crippen molar-refractivity contribution in [1.29, 1.82) is 0 Å². The summed E-state index contributed by atoms with van der Waals surface area (Å²) in [6.45, 7) is 3.34. The summed E-state index contributed by atoms with van der Waals surface area (Å²) in [4.78, 5) is 18.0. The average molecular weight is 359 g/mol. The van der Waals surface area contributed by atoms with Gasteiger partial charge in [-0.05, 0) is 30.3 Å². The van der Waals surface area contributed by atoms with Crippen LogP contribution in [0.4, 0.5) is 11.8 Å². The van der Waals surface area contributed by atoms with E-state index in [0.29, 0.717) is 0 Å². The quantitative estimate of drug-likeness (QED) is 0.541. The van der Waals surface area contributed by atoms with Crippen LogP contribution in [0.25, 0.3) is 17.0 Å². The molecule has 0 saturated carbocycles. The van der Waals surface area contributed by atoms with E-state index in [9.17, 15) is 0 Å². The van der Waals surface area contributed by atoms with Crippen LogP contribution in [0.3, 0.4) is 0 Å². The second-order valence-electron chi connectivity index (χ2n) is 6.26. The molecule has 134 valence electrons. The molecule has 5 rings (SSSR count). The minimum absolute atomic E-state index is 0.736.